The van der Waals surface area contributed by atoms with Crippen LogP contribution < -0.4 is 5.32 Å². The number of nitrogens with zero attached hydrogens (tertiary/aromatic N) is 1. The van der Waals surface area contributed by atoms with Crippen molar-refractivity contribution in [2.45, 2.75) is 18.9 Å². The predicted molar refractivity (Wildman–Crippen MR) is 76.4 cm³/mol. The van der Waals surface area contributed by atoms with E-state index in [4.69, 9.17) is 0 Å². The van der Waals surface area contributed by atoms with Gasteiger partial charge in [-0.25, -0.2) is 0 Å². The highest BCUT2D eigenvalue weighted by atomic mass is 16.2. The molecule has 0 saturated carbocycles. The van der Waals surface area contributed by atoms with E-state index in [0.29, 0.717) is 25.1 Å². The molecule has 20 heavy (non-hydrogen) atoms. The Morgan fingerprint density at radius 1 is 1.40 bits per heavy atom. The van der Waals surface area contributed by atoms with E-state index in [2.05, 4.69) is 10.3 Å². The first-order valence-corrected chi connectivity index (χ1v) is 6.76. The number of carbonyl (C=O) groups is 2. The predicted octanol–water partition coefficient (Wildman–Crippen LogP) is 1.52. The molecule has 1 aliphatic heterocycles. The number of para-hydroxylation sites is 1. The van der Waals surface area contributed by atoms with Crippen molar-refractivity contribution in [1.82, 2.24) is 15.2 Å². The summed E-state index contributed by atoms with van der Waals surface area (Å²) in [5, 5.41) is 4.00. The highest BCUT2D eigenvalue weighted by Crippen LogP contribution is 2.15. The van der Waals surface area contributed by atoms with Gasteiger partial charge < -0.3 is 15.2 Å². The van der Waals surface area contributed by atoms with Crippen LogP contribution in [-0.4, -0.2) is 41.3 Å². The summed E-state index contributed by atoms with van der Waals surface area (Å²) in [7, 11) is 1.77. The van der Waals surface area contributed by atoms with Crippen LogP contribution in [0.5, 0.6) is 0 Å². The van der Waals surface area contributed by atoms with Crippen LogP contribution >= 0.6 is 0 Å². The monoisotopic (exact) mass is 271 g/mol. The van der Waals surface area contributed by atoms with Gasteiger partial charge in [-0.3, -0.25) is 9.59 Å². The first kappa shape index (κ1) is 12.7. The maximum atomic E-state index is 12.2. The van der Waals surface area contributed by atoms with Gasteiger partial charge in [0.2, 0.25) is 5.91 Å². The summed E-state index contributed by atoms with van der Waals surface area (Å²) >= 11 is 0. The fourth-order valence-corrected chi connectivity index (χ4v) is 2.59. The lowest BCUT2D eigenvalue weighted by Gasteiger charge is -2.29. The minimum absolute atomic E-state index is 0.0246. The van der Waals surface area contributed by atoms with Gasteiger partial charge in [-0.05, 0) is 18.6 Å². The van der Waals surface area contributed by atoms with Gasteiger partial charge in [-0.2, -0.15) is 0 Å². The van der Waals surface area contributed by atoms with Crippen LogP contribution in [0.2, 0.25) is 0 Å². The largest absolute Gasteiger partial charge is 0.351 e. The lowest BCUT2D eigenvalue weighted by molar-refractivity contribution is -0.132. The molecule has 2 amide bonds. The number of hydrogen-bond donors (Lipinski definition) is 2. The zero-order valence-corrected chi connectivity index (χ0v) is 11.3. The third-order valence-electron chi connectivity index (χ3n) is 3.74. The summed E-state index contributed by atoms with van der Waals surface area (Å²) in [5.41, 5.74) is 1.51. The summed E-state index contributed by atoms with van der Waals surface area (Å²) < 4.78 is 0. The fraction of sp³-hybridized carbons (Fsp3) is 0.333. The van der Waals surface area contributed by atoms with Crippen LogP contribution in [-0.2, 0) is 4.79 Å². The van der Waals surface area contributed by atoms with E-state index in [1.54, 1.807) is 11.9 Å². The van der Waals surface area contributed by atoms with Crippen LogP contribution in [0.4, 0.5) is 0 Å². The average Bonchev–Trinajstić information content (AvgIpc) is 2.87. The molecular formula is C15H17N3O2. The zero-order valence-electron chi connectivity index (χ0n) is 11.3. The summed E-state index contributed by atoms with van der Waals surface area (Å²) in [6, 6.07) is 9.66. The Morgan fingerprint density at radius 2 is 2.20 bits per heavy atom. The Labute approximate surface area is 117 Å². The number of amides is 2. The molecular weight excluding hydrogens is 254 g/mol. The van der Waals surface area contributed by atoms with Gasteiger partial charge in [-0.15, -0.1) is 0 Å². The highest BCUT2D eigenvalue weighted by molar-refractivity contribution is 5.98. The number of hydrogen-bond acceptors (Lipinski definition) is 2. The third kappa shape index (κ3) is 2.39. The van der Waals surface area contributed by atoms with Crippen molar-refractivity contribution >= 4 is 22.7 Å². The summed E-state index contributed by atoms with van der Waals surface area (Å²) in [6.07, 6.45) is 1.20. The Kier molecular flexibility index (Phi) is 3.18. The number of likely N-dealkylation sites (N-methyl/N-ethyl adjacent to an activating group) is 1. The summed E-state index contributed by atoms with van der Waals surface area (Å²) in [4.78, 5) is 28.4. The van der Waals surface area contributed by atoms with Crippen molar-refractivity contribution in [3.8, 4) is 0 Å². The van der Waals surface area contributed by atoms with Gasteiger partial charge in [-0.1, -0.05) is 18.2 Å². The van der Waals surface area contributed by atoms with E-state index in [0.717, 1.165) is 10.9 Å². The Morgan fingerprint density at radius 3 is 2.95 bits per heavy atom. The zero-order chi connectivity index (χ0) is 14.1. The van der Waals surface area contributed by atoms with Crippen molar-refractivity contribution in [1.29, 1.82) is 0 Å². The minimum atomic E-state index is -0.117. The number of fused-ring (bicyclic) bond motifs is 1. The van der Waals surface area contributed by atoms with E-state index >= 15 is 0 Å². The van der Waals surface area contributed by atoms with Gasteiger partial charge >= 0.3 is 0 Å². The molecule has 1 fully saturated rings. The van der Waals surface area contributed by atoms with Gasteiger partial charge in [0.05, 0.1) is 0 Å². The second-order valence-corrected chi connectivity index (χ2v) is 5.25. The molecule has 1 aliphatic rings. The number of aromatic amines is 1. The Balaban J connectivity index is 1.71. The van der Waals surface area contributed by atoms with Crippen LogP contribution in [0.3, 0.4) is 0 Å². The Hall–Kier alpha value is -2.30. The first-order chi connectivity index (χ1) is 9.63. The number of likely N-dealkylation sites (tertiary alicyclic amines) is 1. The molecule has 3 rings (SSSR count). The molecule has 1 aromatic heterocycles. The summed E-state index contributed by atoms with van der Waals surface area (Å²) in [6.45, 7) is 0.574. The smallest absolute Gasteiger partial charge is 0.268 e. The molecule has 0 aliphatic carbocycles. The maximum absolute atomic E-state index is 12.2. The van der Waals surface area contributed by atoms with Gasteiger partial charge in [0.1, 0.15) is 5.69 Å². The number of carbonyl (C=O) groups excluding carboxylic acids is 2. The third-order valence-corrected chi connectivity index (χ3v) is 3.74. The molecule has 5 heteroatoms. The quantitative estimate of drug-likeness (QED) is 0.869. The van der Waals surface area contributed by atoms with Crippen LogP contribution in [0.15, 0.2) is 30.3 Å². The molecule has 2 heterocycles. The molecule has 2 N–H and O–H groups in total. The van der Waals surface area contributed by atoms with E-state index in [1.165, 1.54) is 0 Å². The molecule has 0 bridgehead atoms. The number of rotatable bonds is 2. The van der Waals surface area contributed by atoms with E-state index in [9.17, 15) is 9.59 Å². The van der Waals surface area contributed by atoms with Crippen molar-refractivity contribution in [2.75, 3.05) is 13.6 Å². The highest BCUT2D eigenvalue weighted by Gasteiger charge is 2.24. The standard InChI is InChI=1S/C15H17N3O2/c1-18-9-11(6-7-14(18)19)16-15(20)13-8-10-4-2-3-5-12(10)17-13/h2-5,8,11,17H,6-7,9H2,1H3,(H,16,20). The lowest BCUT2D eigenvalue weighted by Crippen LogP contribution is -2.48. The van der Waals surface area contributed by atoms with Crippen LogP contribution in [0, 0.1) is 0 Å². The fourth-order valence-electron chi connectivity index (χ4n) is 2.59. The lowest BCUT2D eigenvalue weighted by atomic mass is 10.1. The molecule has 0 radical (unpaired) electrons. The molecule has 0 spiro atoms. The van der Waals surface area contributed by atoms with Crippen molar-refractivity contribution in [2.24, 2.45) is 0 Å². The molecule has 1 atom stereocenters. The number of H-pyrrole nitrogens is 1. The van der Waals surface area contributed by atoms with E-state index in [-0.39, 0.29) is 17.9 Å². The van der Waals surface area contributed by atoms with Crippen LogP contribution in [0.25, 0.3) is 10.9 Å². The normalized spacial score (nSPS) is 19.4. The molecule has 1 saturated heterocycles. The van der Waals surface area contributed by atoms with Crippen molar-refractivity contribution in [3.05, 3.63) is 36.0 Å². The van der Waals surface area contributed by atoms with Gasteiger partial charge in [0, 0.05) is 37.0 Å². The maximum Gasteiger partial charge on any atom is 0.268 e. The number of benzene rings is 1. The minimum Gasteiger partial charge on any atom is -0.351 e. The topological polar surface area (TPSA) is 65.2 Å². The average molecular weight is 271 g/mol. The summed E-state index contributed by atoms with van der Waals surface area (Å²) in [5.74, 6) is 0.0232. The molecule has 2 aromatic rings. The van der Waals surface area contributed by atoms with Crippen molar-refractivity contribution < 1.29 is 9.59 Å². The van der Waals surface area contributed by atoms with E-state index < -0.39 is 0 Å². The number of nitrogens with one attached hydrogen (secondary N) is 2. The molecule has 104 valence electrons. The molecule has 5 nitrogen and oxygen atoms in total. The van der Waals surface area contributed by atoms with Crippen molar-refractivity contribution in [3.63, 3.8) is 0 Å². The number of piperidine rings is 1. The Bertz CT molecular complexity index is 629. The first-order valence-electron chi connectivity index (χ1n) is 6.76. The number of aromatic nitrogens is 1. The van der Waals surface area contributed by atoms with E-state index in [1.807, 2.05) is 30.3 Å². The second kappa shape index (κ2) is 5.00. The molecule has 1 aromatic carbocycles. The van der Waals surface area contributed by atoms with Gasteiger partial charge in [0.15, 0.2) is 0 Å². The molecule has 1 unspecified atom stereocenters. The van der Waals surface area contributed by atoms with Gasteiger partial charge in [0.25, 0.3) is 5.91 Å². The SMILES string of the molecule is CN1CC(NC(=O)c2cc3ccccc3[nH]2)CCC1=O. The van der Waals surface area contributed by atoms with Crippen LogP contribution in [0.1, 0.15) is 23.3 Å². The second-order valence-electron chi connectivity index (χ2n) is 5.25.